The number of nitrogens with zero attached hydrogens (tertiary/aromatic N) is 2. The number of hydrogen-bond acceptors (Lipinski definition) is 2. The number of hydrogen-bond donors (Lipinski definition) is 1. The Labute approximate surface area is 89.4 Å². The second-order valence-corrected chi connectivity index (χ2v) is 3.89. The van der Waals surface area contributed by atoms with Crippen LogP contribution in [0.5, 0.6) is 0 Å². The largest absolute Gasteiger partial charge is 0.341 e. The van der Waals surface area contributed by atoms with Crippen molar-refractivity contribution in [3.05, 3.63) is 6.42 Å². The molecular formula is C10H16N3O2. The van der Waals surface area contributed by atoms with Crippen molar-refractivity contribution in [1.29, 1.82) is 0 Å². The Morgan fingerprint density at radius 1 is 1.20 bits per heavy atom. The smallest absolute Gasteiger partial charge is 0.317 e. The number of likely N-dealkylation sites (tertiary alicyclic amines) is 1. The fourth-order valence-electron chi connectivity index (χ4n) is 1.93. The summed E-state index contributed by atoms with van der Waals surface area (Å²) >= 11 is 0. The molecule has 0 aliphatic carbocycles. The van der Waals surface area contributed by atoms with Crippen LogP contribution in [-0.4, -0.2) is 54.5 Å². The van der Waals surface area contributed by atoms with E-state index in [4.69, 9.17) is 0 Å². The Morgan fingerprint density at radius 2 is 2.00 bits per heavy atom. The van der Waals surface area contributed by atoms with E-state index in [9.17, 15) is 9.59 Å². The van der Waals surface area contributed by atoms with Gasteiger partial charge in [-0.15, -0.1) is 0 Å². The Balaban J connectivity index is 1.76. The molecule has 2 aliphatic rings. The highest BCUT2D eigenvalue weighted by atomic mass is 16.2. The quantitative estimate of drug-likeness (QED) is 0.703. The lowest BCUT2D eigenvalue weighted by Gasteiger charge is -2.28. The van der Waals surface area contributed by atoms with Gasteiger partial charge in [0.1, 0.15) is 0 Å². The van der Waals surface area contributed by atoms with E-state index in [0.717, 1.165) is 32.5 Å². The van der Waals surface area contributed by atoms with Gasteiger partial charge in [-0.1, -0.05) is 0 Å². The van der Waals surface area contributed by atoms with Gasteiger partial charge >= 0.3 is 6.03 Å². The minimum atomic E-state index is -0.0107. The molecule has 2 rings (SSSR count). The molecule has 0 spiro atoms. The number of carbonyl (C=O) groups excluding carboxylic acids is 2. The van der Waals surface area contributed by atoms with E-state index in [2.05, 4.69) is 5.32 Å². The molecule has 83 valence electrons. The zero-order valence-electron chi connectivity index (χ0n) is 8.74. The summed E-state index contributed by atoms with van der Waals surface area (Å²) in [6.07, 6.45) is 3.66. The third kappa shape index (κ3) is 2.40. The summed E-state index contributed by atoms with van der Waals surface area (Å²) in [5, 5.41) is 2.74. The van der Waals surface area contributed by atoms with E-state index in [1.807, 2.05) is 4.90 Å². The molecule has 5 heteroatoms. The number of carbonyl (C=O) groups is 2. The second-order valence-electron chi connectivity index (χ2n) is 3.89. The van der Waals surface area contributed by atoms with Crippen LogP contribution >= 0.6 is 0 Å². The first-order valence-corrected chi connectivity index (χ1v) is 5.42. The van der Waals surface area contributed by atoms with Crippen LogP contribution in [0.2, 0.25) is 0 Å². The van der Waals surface area contributed by atoms with Crippen molar-refractivity contribution in [1.82, 2.24) is 15.1 Å². The minimum absolute atomic E-state index is 0.0107. The summed E-state index contributed by atoms with van der Waals surface area (Å²) in [7, 11) is 0. The first-order valence-electron chi connectivity index (χ1n) is 5.42. The summed E-state index contributed by atoms with van der Waals surface area (Å²) in [6.45, 7) is 3.60. The average molecular weight is 210 g/mol. The topological polar surface area (TPSA) is 52.7 Å². The van der Waals surface area contributed by atoms with Crippen LogP contribution in [-0.2, 0) is 4.79 Å². The predicted octanol–water partition coefficient (Wildman–Crippen LogP) is -0.162. The maximum atomic E-state index is 11.4. The monoisotopic (exact) mass is 210 g/mol. The van der Waals surface area contributed by atoms with Crippen LogP contribution in [0.4, 0.5) is 4.79 Å². The van der Waals surface area contributed by atoms with Gasteiger partial charge in [0.2, 0.25) is 5.91 Å². The maximum absolute atomic E-state index is 11.4. The first-order chi connectivity index (χ1) is 7.27. The summed E-state index contributed by atoms with van der Waals surface area (Å²) in [5.41, 5.74) is 0. The molecule has 0 aromatic carbocycles. The van der Waals surface area contributed by atoms with Crippen LogP contribution < -0.4 is 5.32 Å². The third-order valence-electron chi connectivity index (χ3n) is 2.85. The number of piperidine rings is 1. The van der Waals surface area contributed by atoms with Crippen molar-refractivity contribution in [3.63, 3.8) is 0 Å². The van der Waals surface area contributed by atoms with Gasteiger partial charge in [-0.2, -0.15) is 0 Å². The van der Waals surface area contributed by atoms with E-state index in [1.165, 1.54) is 0 Å². The molecule has 15 heavy (non-hydrogen) atoms. The highest BCUT2D eigenvalue weighted by Gasteiger charge is 2.22. The van der Waals surface area contributed by atoms with E-state index in [-0.39, 0.29) is 11.9 Å². The van der Waals surface area contributed by atoms with Gasteiger partial charge in [-0.3, -0.25) is 4.79 Å². The van der Waals surface area contributed by atoms with Crippen LogP contribution in [0.3, 0.4) is 0 Å². The zero-order valence-corrected chi connectivity index (χ0v) is 8.74. The molecular weight excluding hydrogens is 194 g/mol. The molecule has 1 radical (unpaired) electrons. The molecule has 0 saturated carbocycles. The van der Waals surface area contributed by atoms with Crippen LogP contribution in [0.15, 0.2) is 0 Å². The lowest BCUT2D eigenvalue weighted by Crippen LogP contribution is -2.42. The van der Waals surface area contributed by atoms with Gasteiger partial charge in [0.05, 0.1) is 0 Å². The highest BCUT2D eigenvalue weighted by molar-refractivity contribution is 5.85. The van der Waals surface area contributed by atoms with E-state index < -0.39 is 0 Å². The lowest BCUT2D eigenvalue weighted by molar-refractivity contribution is -0.129. The van der Waals surface area contributed by atoms with Crippen LogP contribution in [0.1, 0.15) is 12.8 Å². The lowest BCUT2D eigenvalue weighted by atomic mass is 10.1. The normalized spacial score (nSPS) is 22.1. The van der Waals surface area contributed by atoms with Crippen LogP contribution in [0, 0.1) is 6.42 Å². The van der Waals surface area contributed by atoms with Gasteiger partial charge in [0.25, 0.3) is 0 Å². The fraction of sp³-hybridized carbons (Fsp3) is 0.700. The third-order valence-corrected chi connectivity index (χ3v) is 2.85. The van der Waals surface area contributed by atoms with E-state index >= 15 is 0 Å². The highest BCUT2D eigenvalue weighted by Crippen LogP contribution is 2.09. The summed E-state index contributed by atoms with van der Waals surface area (Å²) in [4.78, 5) is 26.2. The number of nitrogens with one attached hydrogen (secondary N) is 1. The molecule has 2 fully saturated rings. The molecule has 3 amide bonds. The average Bonchev–Trinajstić information content (AvgIpc) is 2.63. The molecule has 5 nitrogen and oxygen atoms in total. The first kappa shape index (κ1) is 10.3. The molecule has 0 bridgehead atoms. The van der Waals surface area contributed by atoms with Crippen molar-refractivity contribution >= 4 is 11.9 Å². The molecule has 2 heterocycles. The Kier molecular flexibility index (Phi) is 3.08. The van der Waals surface area contributed by atoms with E-state index in [1.54, 1.807) is 11.3 Å². The zero-order chi connectivity index (χ0) is 10.7. The Bertz CT molecular complexity index is 267. The SMILES string of the molecule is O=C1[CH]CCCN1CCN1CCNC1=O. The second kappa shape index (κ2) is 4.51. The van der Waals surface area contributed by atoms with Gasteiger partial charge in [-0.05, 0) is 12.8 Å². The summed E-state index contributed by atoms with van der Waals surface area (Å²) in [6, 6.07) is -0.0107. The molecule has 0 unspecified atom stereocenters. The van der Waals surface area contributed by atoms with Gasteiger partial charge in [0, 0.05) is 39.1 Å². The molecule has 0 aromatic heterocycles. The minimum Gasteiger partial charge on any atom is -0.341 e. The van der Waals surface area contributed by atoms with Crippen molar-refractivity contribution in [2.24, 2.45) is 0 Å². The maximum Gasteiger partial charge on any atom is 0.317 e. The predicted molar refractivity (Wildman–Crippen MR) is 55.1 cm³/mol. The van der Waals surface area contributed by atoms with Gasteiger partial charge in [0.15, 0.2) is 0 Å². The van der Waals surface area contributed by atoms with Crippen molar-refractivity contribution < 1.29 is 9.59 Å². The van der Waals surface area contributed by atoms with Crippen molar-refractivity contribution in [2.75, 3.05) is 32.7 Å². The van der Waals surface area contributed by atoms with Crippen LogP contribution in [0.25, 0.3) is 0 Å². The molecule has 0 aromatic rings. The molecule has 2 aliphatic heterocycles. The van der Waals surface area contributed by atoms with Gasteiger partial charge < -0.3 is 15.1 Å². The van der Waals surface area contributed by atoms with Crippen molar-refractivity contribution in [2.45, 2.75) is 12.8 Å². The Hall–Kier alpha value is -1.26. The van der Waals surface area contributed by atoms with Crippen molar-refractivity contribution in [3.8, 4) is 0 Å². The number of urea groups is 1. The summed E-state index contributed by atoms with van der Waals surface area (Å²) in [5.74, 6) is 0.112. The fourth-order valence-corrected chi connectivity index (χ4v) is 1.93. The Morgan fingerprint density at radius 3 is 2.67 bits per heavy atom. The number of rotatable bonds is 3. The standard InChI is InChI=1S/C10H16N3O2/c14-9-3-1-2-5-12(9)7-8-13-6-4-11-10(13)15/h3H,1-2,4-8H2,(H,11,15). The molecule has 2 saturated heterocycles. The molecule has 1 N–H and O–H groups in total. The summed E-state index contributed by atoms with van der Waals surface area (Å²) < 4.78 is 0. The molecule has 0 atom stereocenters. The van der Waals surface area contributed by atoms with E-state index in [0.29, 0.717) is 13.1 Å². The van der Waals surface area contributed by atoms with Gasteiger partial charge in [-0.25, -0.2) is 4.79 Å². The number of amides is 3.